The number of hydrogen-bond acceptors (Lipinski definition) is 3. The van der Waals surface area contributed by atoms with Crippen molar-refractivity contribution >= 4 is 34.8 Å². The lowest BCUT2D eigenvalue weighted by Crippen LogP contribution is -2.00. The molecule has 1 aromatic heterocycles. The first-order chi connectivity index (χ1) is 8.97. The van der Waals surface area contributed by atoms with Gasteiger partial charge in [0.05, 0.1) is 5.02 Å². The topological polar surface area (TPSA) is 35.0 Å². The molecule has 0 aliphatic heterocycles. The molecule has 0 fully saturated rings. The van der Waals surface area contributed by atoms with Gasteiger partial charge in [-0.15, -0.1) is 0 Å². The fourth-order valence-electron chi connectivity index (χ4n) is 1.40. The predicted octanol–water partition coefficient (Wildman–Crippen LogP) is 5.35. The maximum Gasteiger partial charge on any atom is 0.224 e. The second-order valence-corrected chi connectivity index (χ2v) is 5.37. The Morgan fingerprint density at radius 1 is 1.11 bits per heavy atom. The van der Waals surface area contributed by atoms with Crippen LogP contribution < -0.4 is 4.74 Å². The van der Waals surface area contributed by atoms with Crippen molar-refractivity contribution in [3.05, 3.63) is 45.3 Å². The molecule has 100 valence electrons. The van der Waals surface area contributed by atoms with Gasteiger partial charge in [-0.05, 0) is 12.1 Å². The third-order valence-corrected chi connectivity index (χ3v) is 3.33. The van der Waals surface area contributed by atoms with Crippen molar-refractivity contribution in [1.29, 1.82) is 0 Å². The Morgan fingerprint density at radius 2 is 1.84 bits per heavy atom. The van der Waals surface area contributed by atoms with Gasteiger partial charge in [-0.1, -0.05) is 54.7 Å². The largest absolute Gasteiger partial charge is 0.437 e. The third-order valence-electron chi connectivity index (χ3n) is 2.34. The van der Waals surface area contributed by atoms with Gasteiger partial charge in [0, 0.05) is 12.0 Å². The molecule has 0 radical (unpaired) electrons. The summed E-state index contributed by atoms with van der Waals surface area (Å²) in [6, 6.07) is 6.67. The smallest absolute Gasteiger partial charge is 0.224 e. The normalized spacial score (nSPS) is 10.8. The first-order valence-electron chi connectivity index (χ1n) is 5.63. The fraction of sp³-hybridized carbons (Fsp3) is 0.231. The molecule has 19 heavy (non-hydrogen) atoms. The zero-order chi connectivity index (χ0) is 14.0. The highest BCUT2D eigenvalue weighted by molar-refractivity contribution is 6.42. The molecule has 0 N–H and O–H groups in total. The van der Waals surface area contributed by atoms with Gasteiger partial charge in [-0.2, -0.15) is 4.98 Å². The van der Waals surface area contributed by atoms with Crippen LogP contribution in [-0.4, -0.2) is 9.97 Å². The van der Waals surface area contributed by atoms with Crippen LogP contribution in [0.4, 0.5) is 0 Å². The van der Waals surface area contributed by atoms with E-state index in [4.69, 9.17) is 39.5 Å². The van der Waals surface area contributed by atoms with Crippen LogP contribution in [0.1, 0.15) is 25.6 Å². The molecule has 2 aromatic rings. The molecule has 2 rings (SSSR count). The molecule has 0 aliphatic rings. The van der Waals surface area contributed by atoms with Crippen molar-refractivity contribution in [3.8, 4) is 11.6 Å². The van der Waals surface area contributed by atoms with Gasteiger partial charge in [0.1, 0.15) is 21.7 Å². The second kappa shape index (κ2) is 5.95. The zero-order valence-corrected chi connectivity index (χ0v) is 12.6. The first-order valence-corrected chi connectivity index (χ1v) is 6.77. The summed E-state index contributed by atoms with van der Waals surface area (Å²) in [7, 11) is 0. The highest BCUT2D eigenvalue weighted by Gasteiger charge is 2.11. The molecule has 0 bridgehead atoms. The Labute approximate surface area is 126 Å². The number of halogens is 3. The average molecular weight is 318 g/mol. The Morgan fingerprint density at radius 3 is 2.53 bits per heavy atom. The molecule has 1 aromatic carbocycles. The van der Waals surface area contributed by atoms with E-state index in [9.17, 15) is 0 Å². The van der Waals surface area contributed by atoms with Gasteiger partial charge in [-0.25, -0.2) is 4.98 Å². The van der Waals surface area contributed by atoms with Crippen molar-refractivity contribution in [2.24, 2.45) is 0 Å². The van der Waals surface area contributed by atoms with E-state index >= 15 is 0 Å². The fourth-order valence-corrected chi connectivity index (χ4v) is 1.91. The number of nitrogens with zero attached hydrogens (tertiary/aromatic N) is 2. The van der Waals surface area contributed by atoms with Gasteiger partial charge < -0.3 is 4.74 Å². The van der Waals surface area contributed by atoms with Crippen molar-refractivity contribution in [1.82, 2.24) is 9.97 Å². The van der Waals surface area contributed by atoms with Crippen molar-refractivity contribution in [3.63, 3.8) is 0 Å². The summed E-state index contributed by atoms with van der Waals surface area (Å²) in [6.45, 7) is 3.95. The van der Waals surface area contributed by atoms with Crippen LogP contribution in [0.25, 0.3) is 0 Å². The number of hydrogen-bond donors (Lipinski definition) is 0. The van der Waals surface area contributed by atoms with Crippen molar-refractivity contribution < 1.29 is 4.74 Å². The Hall–Kier alpha value is -1.03. The van der Waals surface area contributed by atoms with Crippen LogP contribution in [0.5, 0.6) is 11.6 Å². The molecule has 1 heterocycles. The molecule has 0 saturated carbocycles. The van der Waals surface area contributed by atoms with Crippen LogP contribution in [0, 0.1) is 0 Å². The molecule has 0 unspecified atom stereocenters. The maximum atomic E-state index is 6.05. The summed E-state index contributed by atoms with van der Waals surface area (Å²) >= 11 is 17.9. The quantitative estimate of drug-likeness (QED) is 0.715. The van der Waals surface area contributed by atoms with Gasteiger partial charge in [0.25, 0.3) is 0 Å². The minimum Gasteiger partial charge on any atom is -0.437 e. The van der Waals surface area contributed by atoms with E-state index in [2.05, 4.69) is 9.97 Å². The number of rotatable bonds is 3. The first kappa shape index (κ1) is 14.4. The summed E-state index contributed by atoms with van der Waals surface area (Å²) in [6.07, 6.45) is 0. The minimum atomic E-state index is 0.149. The lowest BCUT2D eigenvalue weighted by atomic mass is 10.2. The molecule has 0 saturated heterocycles. The molecule has 0 amide bonds. The number of benzene rings is 1. The van der Waals surface area contributed by atoms with E-state index in [1.165, 1.54) is 6.07 Å². The Kier molecular flexibility index (Phi) is 4.50. The monoisotopic (exact) mass is 316 g/mol. The van der Waals surface area contributed by atoms with Gasteiger partial charge >= 0.3 is 0 Å². The SMILES string of the molecule is CC(C)c1nc(Cl)cc(Oc2cccc(Cl)c2Cl)n1. The number of ether oxygens (including phenoxy) is 1. The van der Waals surface area contributed by atoms with Gasteiger partial charge in [0.2, 0.25) is 5.88 Å². The van der Waals surface area contributed by atoms with E-state index in [1.807, 2.05) is 13.8 Å². The Balaban J connectivity index is 2.35. The maximum absolute atomic E-state index is 6.05. The summed E-state index contributed by atoms with van der Waals surface area (Å²) in [4.78, 5) is 8.41. The lowest BCUT2D eigenvalue weighted by molar-refractivity contribution is 0.457. The van der Waals surface area contributed by atoms with Gasteiger partial charge in [0.15, 0.2) is 0 Å². The molecule has 3 nitrogen and oxygen atoms in total. The third kappa shape index (κ3) is 3.50. The minimum absolute atomic E-state index is 0.149. The van der Waals surface area contributed by atoms with Crippen molar-refractivity contribution in [2.45, 2.75) is 19.8 Å². The molecular weight excluding hydrogens is 307 g/mol. The molecular formula is C13H11Cl3N2O. The van der Waals surface area contributed by atoms with Crippen LogP contribution in [0.2, 0.25) is 15.2 Å². The summed E-state index contributed by atoms with van der Waals surface area (Å²) in [5, 5.41) is 1.08. The second-order valence-electron chi connectivity index (χ2n) is 4.20. The Bertz CT molecular complexity index is 602. The van der Waals surface area contributed by atoms with Crippen LogP contribution in [0.15, 0.2) is 24.3 Å². The van der Waals surface area contributed by atoms with Crippen molar-refractivity contribution in [2.75, 3.05) is 0 Å². The molecule has 0 atom stereocenters. The van der Waals surface area contributed by atoms with E-state index in [-0.39, 0.29) is 5.92 Å². The average Bonchev–Trinajstić information content (AvgIpc) is 2.34. The highest BCUT2D eigenvalue weighted by Crippen LogP contribution is 2.34. The van der Waals surface area contributed by atoms with E-state index < -0.39 is 0 Å². The van der Waals surface area contributed by atoms with Gasteiger partial charge in [-0.3, -0.25) is 0 Å². The summed E-state index contributed by atoms with van der Waals surface area (Å²) in [5.41, 5.74) is 0. The standard InChI is InChI=1S/C13H11Cl3N2O/c1-7(2)13-17-10(15)6-11(18-13)19-9-5-3-4-8(14)12(9)16/h3-7H,1-2H3. The number of aromatic nitrogens is 2. The van der Waals surface area contributed by atoms with E-state index in [0.29, 0.717) is 32.7 Å². The summed E-state index contributed by atoms with van der Waals surface area (Å²) < 4.78 is 5.61. The van der Waals surface area contributed by atoms with E-state index in [1.54, 1.807) is 18.2 Å². The lowest BCUT2D eigenvalue weighted by Gasteiger charge is -2.10. The highest BCUT2D eigenvalue weighted by atomic mass is 35.5. The van der Waals surface area contributed by atoms with Crippen LogP contribution >= 0.6 is 34.8 Å². The summed E-state index contributed by atoms with van der Waals surface area (Å²) in [5.74, 6) is 1.53. The van der Waals surface area contributed by atoms with E-state index in [0.717, 1.165) is 0 Å². The van der Waals surface area contributed by atoms with Crippen LogP contribution in [0.3, 0.4) is 0 Å². The zero-order valence-electron chi connectivity index (χ0n) is 10.3. The molecule has 0 aliphatic carbocycles. The predicted molar refractivity (Wildman–Crippen MR) is 77.7 cm³/mol. The molecule has 0 spiro atoms. The van der Waals surface area contributed by atoms with Crippen LogP contribution in [-0.2, 0) is 0 Å². The molecule has 6 heteroatoms.